The number of hydrogen-bond donors (Lipinski definition) is 0. The van der Waals surface area contributed by atoms with Crippen molar-refractivity contribution in [2.45, 2.75) is 160 Å². The Hall–Kier alpha value is -4.96. The molecule has 3 nitrogen and oxygen atoms in total. The van der Waals surface area contributed by atoms with Gasteiger partial charge in [0.25, 0.3) is 0 Å². The molecule has 0 bridgehead atoms. The van der Waals surface area contributed by atoms with E-state index in [0.717, 1.165) is 72.3 Å². The molecule has 3 aromatic heterocycles. The van der Waals surface area contributed by atoms with Gasteiger partial charge in [0, 0.05) is 16.7 Å². The number of rotatable bonds is 6. The van der Waals surface area contributed by atoms with Gasteiger partial charge in [-0.05, 0) is 159 Å². The van der Waals surface area contributed by atoms with Crippen molar-refractivity contribution in [3.63, 3.8) is 0 Å². The Morgan fingerprint density at radius 2 is 0.581 bits per heavy atom. The number of hydrogen-bond acceptors (Lipinski definition) is 3. The highest BCUT2D eigenvalue weighted by atomic mass is 19.1. The third-order valence-corrected chi connectivity index (χ3v) is 15.8. The Balaban J connectivity index is 1.21. The Kier molecular flexibility index (Phi) is 9.75. The van der Waals surface area contributed by atoms with Gasteiger partial charge in [-0.25, -0.2) is 19.3 Å². The summed E-state index contributed by atoms with van der Waals surface area (Å²) >= 11 is 0. The maximum atomic E-state index is 19.4. The molecule has 320 valence electrons. The van der Waals surface area contributed by atoms with Gasteiger partial charge in [0.15, 0.2) is 0 Å². The summed E-state index contributed by atoms with van der Waals surface area (Å²) in [6, 6.07) is 37.5. The Morgan fingerprint density at radius 1 is 0.339 bits per heavy atom. The number of halogens is 1. The fourth-order valence-electron chi connectivity index (χ4n) is 11.0. The van der Waals surface area contributed by atoms with Crippen LogP contribution in [-0.2, 0) is 38.2 Å². The van der Waals surface area contributed by atoms with Crippen molar-refractivity contribution in [1.82, 2.24) is 15.0 Å². The number of aromatic nitrogens is 3. The van der Waals surface area contributed by atoms with Crippen LogP contribution in [0.4, 0.5) is 4.39 Å². The Morgan fingerprint density at radius 3 is 0.839 bits per heavy atom. The van der Waals surface area contributed by atoms with Crippen LogP contribution in [0.2, 0.25) is 0 Å². The molecule has 0 radical (unpaired) electrons. The molecular formula is C58H66FN3. The van der Waals surface area contributed by atoms with Crippen molar-refractivity contribution in [1.29, 1.82) is 0 Å². The lowest BCUT2D eigenvalue weighted by Crippen LogP contribution is -2.33. The van der Waals surface area contributed by atoms with Crippen LogP contribution in [0.1, 0.15) is 172 Å². The van der Waals surface area contributed by atoms with Gasteiger partial charge in [-0.2, -0.15) is 0 Å². The lowest BCUT2D eigenvalue weighted by Gasteiger charge is -2.42. The molecule has 0 saturated heterocycles. The first-order valence-electron chi connectivity index (χ1n) is 23.1. The van der Waals surface area contributed by atoms with Crippen LogP contribution in [0.15, 0.2) is 109 Å². The van der Waals surface area contributed by atoms with E-state index in [1.54, 1.807) is 0 Å². The molecule has 3 aliphatic rings. The van der Waals surface area contributed by atoms with Crippen LogP contribution in [0.3, 0.4) is 0 Å². The summed E-state index contributed by atoms with van der Waals surface area (Å²) in [5, 5.41) is 0. The summed E-state index contributed by atoms with van der Waals surface area (Å²) in [6.45, 7) is 28.1. The van der Waals surface area contributed by atoms with E-state index in [2.05, 4.69) is 138 Å². The van der Waals surface area contributed by atoms with Crippen molar-refractivity contribution in [3.05, 3.63) is 160 Å². The highest BCUT2D eigenvalue weighted by Crippen LogP contribution is 2.50. The van der Waals surface area contributed by atoms with E-state index in [0.29, 0.717) is 0 Å². The first-order valence-corrected chi connectivity index (χ1v) is 23.1. The van der Waals surface area contributed by atoms with Gasteiger partial charge in [-0.1, -0.05) is 138 Å². The van der Waals surface area contributed by atoms with Crippen LogP contribution < -0.4 is 0 Å². The lowest BCUT2D eigenvalue weighted by molar-refractivity contribution is 0.259. The zero-order valence-corrected chi connectivity index (χ0v) is 39.4. The van der Waals surface area contributed by atoms with E-state index >= 15 is 4.39 Å². The molecule has 3 heterocycles. The van der Waals surface area contributed by atoms with Crippen molar-refractivity contribution < 1.29 is 4.39 Å². The Bertz CT molecular complexity index is 2430. The van der Waals surface area contributed by atoms with E-state index in [-0.39, 0.29) is 49.6 Å². The smallest absolute Gasteiger partial charge is 0.236 e. The fraction of sp³-hybridized carbons (Fsp3) is 0.431. The summed E-state index contributed by atoms with van der Waals surface area (Å²) in [6.07, 6.45) is 6.77. The monoisotopic (exact) mass is 824 g/mol. The predicted molar refractivity (Wildman–Crippen MR) is 256 cm³/mol. The molecule has 0 unspecified atom stereocenters. The van der Waals surface area contributed by atoms with E-state index in [1.807, 2.05) is 54.6 Å². The summed E-state index contributed by atoms with van der Waals surface area (Å²) < 4.78 is 19.4. The van der Waals surface area contributed by atoms with Crippen LogP contribution in [0.25, 0.3) is 33.8 Å². The lowest BCUT2D eigenvalue weighted by atomic mass is 9.63. The number of benzene rings is 3. The first-order chi connectivity index (χ1) is 29.0. The quantitative estimate of drug-likeness (QED) is 0.168. The predicted octanol–water partition coefficient (Wildman–Crippen LogP) is 15.2. The summed E-state index contributed by atoms with van der Waals surface area (Å²) in [5.41, 5.74) is 12.3. The molecule has 3 aliphatic carbocycles. The third-order valence-electron chi connectivity index (χ3n) is 15.8. The topological polar surface area (TPSA) is 38.7 Å². The molecule has 0 saturated carbocycles. The number of fused-ring (bicyclic) bond motifs is 3. The van der Waals surface area contributed by atoms with Gasteiger partial charge < -0.3 is 0 Å². The second-order valence-corrected chi connectivity index (χ2v) is 23.0. The maximum Gasteiger partial charge on any atom is 0.236 e. The van der Waals surface area contributed by atoms with Crippen LogP contribution in [0.5, 0.6) is 0 Å². The minimum atomic E-state index is -2.28. The normalized spacial score (nSPS) is 20.1. The second-order valence-electron chi connectivity index (χ2n) is 23.0. The molecule has 9 rings (SSSR count). The fourth-order valence-corrected chi connectivity index (χ4v) is 11.0. The highest BCUT2D eigenvalue weighted by Gasteiger charge is 2.44. The van der Waals surface area contributed by atoms with Crippen LogP contribution in [0, 0.1) is 0 Å². The van der Waals surface area contributed by atoms with Crippen molar-refractivity contribution in [2.75, 3.05) is 0 Å². The van der Waals surface area contributed by atoms with E-state index in [4.69, 9.17) is 15.0 Å². The molecule has 3 aromatic carbocycles. The van der Waals surface area contributed by atoms with E-state index in [1.165, 1.54) is 33.4 Å². The average Bonchev–Trinajstić information content (AvgIpc) is 3.25. The van der Waals surface area contributed by atoms with Gasteiger partial charge >= 0.3 is 0 Å². The molecule has 0 atom stereocenters. The van der Waals surface area contributed by atoms with Crippen molar-refractivity contribution >= 4 is 0 Å². The van der Waals surface area contributed by atoms with Gasteiger partial charge in [0.05, 0.1) is 34.2 Å². The largest absolute Gasteiger partial charge is 0.249 e. The molecule has 4 heteroatoms. The Labute approximate surface area is 371 Å². The summed E-state index contributed by atoms with van der Waals surface area (Å²) in [4.78, 5) is 15.7. The molecule has 62 heavy (non-hydrogen) atoms. The van der Waals surface area contributed by atoms with Crippen molar-refractivity contribution in [2.24, 2.45) is 0 Å². The summed E-state index contributed by atoms with van der Waals surface area (Å²) in [5.74, 6) is 0. The number of nitrogens with zero attached hydrogens (tertiary/aromatic N) is 3. The molecule has 0 aliphatic heterocycles. The zero-order chi connectivity index (χ0) is 44.3. The first kappa shape index (κ1) is 42.3. The minimum Gasteiger partial charge on any atom is -0.249 e. The van der Waals surface area contributed by atoms with E-state index < -0.39 is 5.67 Å². The highest BCUT2D eigenvalue weighted by molar-refractivity contribution is 5.67. The minimum absolute atomic E-state index is 0.0281. The molecule has 6 aromatic rings. The number of pyridine rings is 3. The SMILES string of the molecule is CC1(C)CCC(C)(C)c2cc(-c3cccc(C(F)(c4cccc(-c5ccc6c(c5)C(C)(C)CCC6(C)C)n4)c4cccc(-c5ccc6c(c5)C(C)(C)CCC6(C)C)n4)n3)ccc21. The maximum absolute atomic E-state index is 19.4. The molecule has 0 amide bonds. The van der Waals surface area contributed by atoms with Crippen LogP contribution in [-0.4, -0.2) is 15.0 Å². The van der Waals surface area contributed by atoms with Crippen molar-refractivity contribution in [3.8, 4) is 33.8 Å². The number of alkyl halides is 1. The zero-order valence-electron chi connectivity index (χ0n) is 39.4. The van der Waals surface area contributed by atoms with E-state index in [9.17, 15) is 0 Å². The molecule has 0 spiro atoms. The summed E-state index contributed by atoms with van der Waals surface area (Å²) in [7, 11) is 0. The van der Waals surface area contributed by atoms with Gasteiger partial charge in [0.1, 0.15) is 0 Å². The average molecular weight is 824 g/mol. The standard InChI is InChI=1S/C58H66FN3/c1-52(2)28-31-55(7,8)43-34-37(22-25-40(43)52)46-16-13-19-49(60-46)58(59,50-20-14-17-47(61-50)38-23-26-41-44(35-38)56(9,10)32-29-53(41,3)4)51-21-15-18-48(62-51)39-24-27-42-45(36-39)57(11,12)33-30-54(42,5)6/h13-27,34-36H,28-33H2,1-12H3. The third kappa shape index (κ3) is 7.05. The molecule has 0 N–H and O–H groups in total. The second kappa shape index (κ2) is 14.3. The van der Waals surface area contributed by atoms with Gasteiger partial charge in [-0.3, -0.25) is 0 Å². The van der Waals surface area contributed by atoms with Gasteiger partial charge in [-0.15, -0.1) is 0 Å². The molecule has 0 fully saturated rings. The molecular weight excluding hydrogens is 758 g/mol. The van der Waals surface area contributed by atoms with Gasteiger partial charge in [0.2, 0.25) is 5.67 Å². The van der Waals surface area contributed by atoms with Crippen LogP contribution >= 0.6 is 0 Å².